The number of carbonyl (C=O) groups excluding carboxylic acids is 2. The Balaban J connectivity index is 1.46. The Labute approximate surface area is 165 Å². The van der Waals surface area contributed by atoms with Gasteiger partial charge in [0.05, 0.1) is 20.2 Å². The standard InChI is InChI=1S/C22H26N2O4/c1-15-10-16(2)12-18(11-15)24-14-20(28-22(24)26)13-23-21(25)9-6-17-4-7-19(27-3)8-5-17/h4-5,7-8,10-12,20H,6,9,13-14H2,1-3H3,(H,23,25). The van der Waals surface area contributed by atoms with Crippen LogP contribution in [0.3, 0.4) is 0 Å². The van der Waals surface area contributed by atoms with Gasteiger partial charge in [-0.25, -0.2) is 4.79 Å². The van der Waals surface area contributed by atoms with E-state index in [-0.39, 0.29) is 18.1 Å². The number of rotatable bonds is 7. The number of hydrogen-bond acceptors (Lipinski definition) is 4. The van der Waals surface area contributed by atoms with Gasteiger partial charge in [-0.05, 0) is 61.2 Å². The van der Waals surface area contributed by atoms with E-state index in [0.717, 1.165) is 28.1 Å². The quantitative estimate of drug-likeness (QED) is 0.797. The molecule has 28 heavy (non-hydrogen) atoms. The van der Waals surface area contributed by atoms with Gasteiger partial charge in [0, 0.05) is 12.1 Å². The lowest BCUT2D eigenvalue weighted by Gasteiger charge is -2.14. The molecule has 1 aliphatic heterocycles. The number of benzene rings is 2. The van der Waals surface area contributed by atoms with Crippen molar-refractivity contribution in [3.63, 3.8) is 0 Å². The van der Waals surface area contributed by atoms with Crippen molar-refractivity contribution < 1.29 is 19.1 Å². The number of anilines is 1. The van der Waals surface area contributed by atoms with Crippen molar-refractivity contribution in [3.8, 4) is 5.75 Å². The lowest BCUT2D eigenvalue weighted by atomic mass is 10.1. The lowest BCUT2D eigenvalue weighted by Crippen LogP contribution is -2.34. The van der Waals surface area contributed by atoms with E-state index < -0.39 is 0 Å². The minimum absolute atomic E-state index is 0.0586. The number of nitrogens with zero attached hydrogens (tertiary/aromatic N) is 1. The van der Waals surface area contributed by atoms with Gasteiger partial charge < -0.3 is 14.8 Å². The number of aryl methyl sites for hydroxylation is 3. The fourth-order valence-corrected chi connectivity index (χ4v) is 3.31. The molecule has 1 saturated heterocycles. The summed E-state index contributed by atoms with van der Waals surface area (Å²) in [5.74, 6) is 0.737. The van der Waals surface area contributed by atoms with Crippen LogP contribution in [0.25, 0.3) is 0 Å². The van der Waals surface area contributed by atoms with Gasteiger partial charge in [-0.3, -0.25) is 9.69 Å². The third-order valence-electron chi connectivity index (χ3n) is 4.72. The third kappa shape index (κ3) is 5.03. The number of ether oxygens (including phenoxy) is 2. The van der Waals surface area contributed by atoms with E-state index in [4.69, 9.17) is 9.47 Å². The molecule has 0 aromatic heterocycles. The van der Waals surface area contributed by atoms with E-state index in [1.807, 2.05) is 50.2 Å². The van der Waals surface area contributed by atoms with Gasteiger partial charge in [0.1, 0.15) is 11.9 Å². The summed E-state index contributed by atoms with van der Waals surface area (Å²) in [6.45, 7) is 4.74. The number of methoxy groups -OCH3 is 1. The average molecular weight is 382 g/mol. The first-order valence-corrected chi connectivity index (χ1v) is 9.40. The van der Waals surface area contributed by atoms with E-state index in [2.05, 4.69) is 11.4 Å². The summed E-state index contributed by atoms with van der Waals surface area (Å²) in [6, 6.07) is 13.7. The normalized spacial score (nSPS) is 16.0. The van der Waals surface area contributed by atoms with Crippen LogP contribution in [-0.2, 0) is 16.0 Å². The van der Waals surface area contributed by atoms with Crippen molar-refractivity contribution in [1.82, 2.24) is 5.32 Å². The summed E-state index contributed by atoms with van der Waals surface area (Å²) < 4.78 is 10.5. The molecule has 0 saturated carbocycles. The highest BCUT2D eigenvalue weighted by molar-refractivity contribution is 5.90. The molecule has 6 heteroatoms. The van der Waals surface area contributed by atoms with Gasteiger partial charge in [-0.2, -0.15) is 0 Å². The monoisotopic (exact) mass is 382 g/mol. The Kier molecular flexibility index (Phi) is 6.19. The minimum Gasteiger partial charge on any atom is -0.497 e. The van der Waals surface area contributed by atoms with E-state index >= 15 is 0 Å². The van der Waals surface area contributed by atoms with Gasteiger partial charge in [-0.15, -0.1) is 0 Å². The minimum atomic E-state index is -0.373. The average Bonchev–Trinajstić information content (AvgIpc) is 3.05. The number of hydrogen-bond donors (Lipinski definition) is 1. The van der Waals surface area contributed by atoms with Gasteiger partial charge in [-0.1, -0.05) is 18.2 Å². The predicted octanol–water partition coefficient (Wildman–Crippen LogP) is 3.39. The second-order valence-electron chi connectivity index (χ2n) is 7.11. The van der Waals surface area contributed by atoms with Crippen LogP contribution >= 0.6 is 0 Å². The molecule has 148 valence electrons. The Morgan fingerprint density at radius 2 is 1.86 bits per heavy atom. The zero-order valence-electron chi connectivity index (χ0n) is 16.5. The number of carbonyl (C=O) groups is 2. The molecular formula is C22H26N2O4. The molecule has 0 aliphatic carbocycles. The second kappa shape index (κ2) is 8.78. The topological polar surface area (TPSA) is 67.9 Å². The van der Waals surface area contributed by atoms with Crippen molar-refractivity contribution >= 4 is 17.7 Å². The molecular weight excluding hydrogens is 356 g/mol. The van der Waals surface area contributed by atoms with Gasteiger partial charge in [0.25, 0.3) is 0 Å². The van der Waals surface area contributed by atoms with Crippen molar-refractivity contribution in [1.29, 1.82) is 0 Å². The molecule has 2 aromatic rings. The fraction of sp³-hybridized carbons (Fsp3) is 0.364. The highest BCUT2D eigenvalue weighted by Gasteiger charge is 2.32. The molecule has 1 aliphatic rings. The van der Waals surface area contributed by atoms with Crippen LogP contribution in [0.4, 0.5) is 10.5 Å². The molecule has 2 aromatic carbocycles. The molecule has 0 spiro atoms. The van der Waals surface area contributed by atoms with Crippen molar-refractivity contribution in [2.75, 3.05) is 25.1 Å². The summed E-state index contributed by atoms with van der Waals surface area (Å²) in [4.78, 5) is 25.9. The summed E-state index contributed by atoms with van der Waals surface area (Å²) in [6.07, 6.45) is 0.309. The highest BCUT2D eigenvalue weighted by Crippen LogP contribution is 2.24. The van der Waals surface area contributed by atoms with Gasteiger partial charge in [0.2, 0.25) is 5.91 Å². The molecule has 2 amide bonds. The number of amides is 2. The Hall–Kier alpha value is -3.02. The summed E-state index contributed by atoms with van der Waals surface area (Å²) in [5, 5.41) is 2.87. The Morgan fingerprint density at radius 1 is 1.18 bits per heavy atom. The first kappa shape index (κ1) is 19.7. The van der Waals surface area contributed by atoms with Crippen LogP contribution in [0.5, 0.6) is 5.75 Å². The maximum atomic E-state index is 12.2. The molecule has 1 heterocycles. The fourth-order valence-electron chi connectivity index (χ4n) is 3.31. The van der Waals surface area contributed by atoms with Crippen LogP contribution in [-0.4, -0.2) is 38.3 Å². The molecule has 1 atom stereocenters. The van der Waals surface area contributed by atoms with Crippen LogP contribution in [0.1, 0.15) is 23.1 Å². The van der Waals surface area contributed by atoms with E-state index in [9.17, 15) is 9.59 Å². The first-order chi connectivity index (χ1) is 13.4. The Morgan fingerprint density at radius 3 is 2.50 bits per heavy atom. The summed E-state index contributed by atoms with van der Waals surface area (Å²) in [7, 11) is 1.62. The van der Waals surface area contributed by atoms with Gasteiger partial charge in [0.15, 0.2) is 0 Å². The van der Waals surface area contributed by atoms with Crippen LogP contribution < -0.4 is 15.0 Å². The maximum Gasteiger partial charge on any atom is 0.414 e. The van der Waals surface area contributed by atoms with Crippen molar-refractivity contribution in [3.05, 3.63) is 59.2 Å². The SMILES string of the molecule is COc1ccc(CCC(=O)NCC2CN(c3cc(C)cc(C)c3)C(=O)O2)cc1. The molecule has 3 rings (SSSR count). The number of nitrogens with one attached hydrogen (secondary N) is 1. The zero-order chi connectivity index (χ0) is 20.1. The first-order valence-electron chi connectivity index (χ1n) is 9.40. The number of cyclic esters (lactones) is 1. The molecule has 6 nitrogen and oxygen atoms in total. The van der Waals surface area contributed by atoms with E-state index in [0.29, 0.717) is 25.9 Å². The highest BCUT2D eigenvalue weighted by atomic mass is 16.6. The largest absolute Gasteiger partial charge is 0.497 e. The predicted molar refractivity (Wildman–Crippen MR) is 108 cm³/mol. The van der Waals surface area contributed by atoms with Crippen LogP contribution in [0.2, 0.25) is 0 Å². The molecule has 0 bridgehead atoms. The maximum absolute atomic E-state index is 12.2. The van der Waals surface area contributed by atoms with Gasteiger partial charge >= 0.3 is 6.09 Å². The summed E-state index contributed by atoms with van der Waals surface area (Å²) in [5.41, 5.74) is 4.09. The molecule has 0 radical (unpaired) electrons. The van der Waals surface area contributed by atoms with Crippen LogP contribution in [0, 0.1) is 13.8 Å². The zero-order valence-corrected chi connectivity index (χ0v) is 16.5. The van der Waals surface area contributed by atoms with E-state index in [1.165, 1.54) is 0 Å². The van der Waals surface area contributed by atoms with Crippen molar-refractivity contribution in [2.45, 2.75) is 32.8 Å². The second-order valence-corrected chi connectivity index (χ2v) is 7.11. The van der Waals surface area contributed by atoms with E-state index in [1.54, 1.807) is 12.0 Å². The summed E-state index contributed by atoms with van der Waals surface area (Å²) >= 11 is 0. The molecule has 1 fully saturated rings. The smallest absolute Gasteiger partial charge is 0.414 e. The molecule has 1 N–H and O–H groups in total. The Bertz CT molecular complexity index is 828. The van der Waals surface area contributed by atoms with Crippen molar-refractivity contribution in [2.24, 2.45) is 0 Å². The molecule has 1 unspecified atom stereocenters. The van der Waals surface area contributed by atoms with Crippen LogP contribution in [0.15, 0.2) is 42.5 Å². The lowest BCUT2D eigenvalue weighted by molar-refractivity contribution is -0.121. The third-order valence-corrected chi connectivity index (χ3v) is 4.72.